The molecule has 3 saturated heterocycles. The smallest absolute Gasteiger partial charge is 0.444 e. The van der Waals surface area contributed by atoms with Gasteiger partial charge in [0.25, 0.3) is 0 Å². The van der Waals surface area contributed by atoms with Crippen LogP contribution in [-0.2, 0) is 37.9 Å². The zero-order valence-corrected chi connectivity index (χ0v) is 78.1. The van der Waals surface area contributed by atoms with Crippen LogP contribution >= 0.6 is 90.4 Å². The van der Waals surface area contributed by atoms with Crippen molar-refractivity contribution in [2.75, 3.05) is 52.6 Å². The van der Waals surface area contributed by atoms with Gasteiger partial charge in [-0.2, -0.15) is 5.26 Å². The Morgan fingerprint density at radius 1 is 0.455 bits per heavy atom. The minimum atomic E-state index is -1.06. The van der Waals surface area contributed by atoms with E-state index in [4.69, 9.17) is 49.9 Å². The lowest BCUT2D eigenvalue weighted by atomic mass is 10.0. The van der Waals surface area contributed by atoms with Gasteiger partial charge in [-0.3, -0.25) is 4.79 Å². The SMILES string of the molecule is C.C.C.C.C1CCOC1.CC(C)(C)OC(=O)NCCC(O)c1cccc(C#CC2CCCCO2)c1.CC(C)(C)OC(=O)NCCC(O)c1cccc(I)c1.CC(C)(C)OC(=O)OC(=O)OC(C)(C)C.N#CCC(O)c1cccc(I)c1.NCCC(O)c1cccc(C#CC2CCCCO2)c1.NCCC(O)c1cccc(I)c1.O=Cc1cccc(I)c1. The minimum absolute atomic E-state index is 0. The molecule has 0 aromatic heterocycles. The monoisotopic (exact) mass is 2130 g/mol. The number of carbonyl (C=O) groups is 5. The number of aliphatic hydroxyl groups is 5. The maximum absolute atomic E-state index is 11.6. The normalized spacial score (nSPS) is 14.8. The molecule has 27 heteroatoms. The maximum atomic E-state index is 11.6. The second-order valence-corrected chi connectivity index (χ2v) is 35.7. The van der Waals surface area contributed by atoms with Crippen LogP contribution in [0, 0.1) is 49.3 Å². The van der Waals surface area contributed by atoms with E-state index in [0.29, 0.717) is 51.9 Å². The van der Waals surface area contributed by atoms with E-state index in [0.717, 1.165) is 124 Å². The Kier molecular flexibility index (Phi) is 64.6. The zero-order chi connectivity index (χ0) is 87.4. The molecule has 9 rings (SSSR count). The molecular formula is C94H137I4N5O18. The number of nitriles is 1. The molecule has 0 radical (unpaired) electrons. The summed E-state index contributed by atoms with van der Waals surface area (Å²) in [6.45, 7) is 26.2. The Morgan fingerprint density at radius 3 is 1.05 bits per heavy atom. The highest BCUT2D eigenvalue weighted by Gasteiger charge is 2.25. The number of aliphatic hydroxyl groups excluding tert-OH is 5. The van der Waals surface area contributed by atoms with Crippen LogP contribution in [0.25, 0.3) is 0 Å². The van der Waals surface area contributed by atoms with Crippen molar-refractivity contribution < 1.29 is 87.4 Å². The lowest BCUT2D eigenvalue weighted by Gasteiger charge is -2.20. The summed E-state index contributed by atoms with van der Waals surface area (Å²) in [4.78, 5) is 55.2. The van der Waals surface area contributed by atoms with Crippen LogP contribution in [0.4, 0.5) is 19.2 Å². The molecule has 3 fully saturated rings. The largest absolute Gasteiger partial charge is 0.519 e. The molecule has 674 valence electrons. The Bertz CT molecular complexity index is 4010. The summed E-state index contributed by atoms with van der Waals surface area (Å²) in [7, 11) is 0. The topological polar surface area (TPSA) is 360 Å². The highest BCUT2D eigenvalue weighted by molar-refractivity contribution is 14.1. The maximum Gasteiger partial charge on any atom is 0.519 e. The van der Waals surface area contributed by atoms with E-state index < -0.39 is 77.4 Å². The summed E-state index contributed by atoms with van der Waals surface area (Å²) < 4.78 is 44.6. The summed E-state index contributed by atoms with van der Waals surface area (Å²) in [6, 6.07) is 47.7. The molecule has 23 nitrogen and oxygen atoms in total. The van der Waals surface area contributed by atoms with Gasteiger partial charge >= 0.3 is 24.5 Å². The van der Waals surface area contributed by atoms with Crippen LogP contribution in [0.1, 0.15) is 276 Å². The number of halogens is 4. The molecule has 3 aliphatic rings. The fourth-order valence-corrected chi connectivity index (χ4v) is 12.2. The molecule has 3 aliphatic heterocycles. The molecule has 11 N–H and O–H groups in total. The molecule has 3 heterocycles. The van der Waals surface area contributed by atoms with Gasteiger partial charge in [-0.1, -0.05) is 126 Å². The van der Waals surface area contributed by atoms with E-state index in [1.807, 2.05) is 187 Å². The summed E-state index contributed by atoms with van der Waals surface area (Å²) in [5.41, 5.74) is 15.2. The Labute approximate surface area is 777 Å². The van der Waals surface area contributed by atoms with E-state index in [1.165, 1.54) is 19.3 Å². The number of nitrogens with zero attached hydrogens (tertiary/aromatic N) is 1. The summed E-state index contributed by atoms with van der Waals surface area (Å²) in [5.74, 6) is 12.6. The van der Waals surface area contributed by atoms with E-state index in [1.54, 1.807) is 47.6 Å². The second kappa shape index (κ2) is 65.9. The minimum Gasteiger partial charge on any atom is -0.444 e. The first-order valence-corrected chi connectivity index (χ1v) is 43.3. The van der Waals surface area contributed by atoms with Crippen LogP contribution in [-0.4, -0.2) is 144 Å². The zero-order valence-electron chi connectivity index (χ0n) is 69.5. The van der Waals surface area contributed by atoms with Crippen molar-refractivity contribution in [3.63, 3.8) is 0 Å². The first kappa shape index (κ1) is 119. The highest BCUT2D eigenvalue weighted by Crippen LogP contribution is 2.24. The van der Waals surface area contributed by atoms with Gasteiger partial charge in [0.15, 0.2) is 0 Å². The van der Waals surface area contributed by atoms with Crippen LogP contribution < -0.4 is 22.1 Å². The van der Waals surface area contributed by atoms with E-state index in [-0.39, 0.29) is 48.3 Å². The standard InChI is InChI=1S/C21H29NO4.C16H21NO2.C14H20INO3.C10H18O5.C9H12INO.C9H8INO.C7H5IO.C4H8O.4CH4/c1-21(2,3)26-20(24)22-13-12-19(23)17-8-6-7-16(15-17)10-11-18-9-4-5-14-25-18;17-10-9-16(18)14-5-3-4-13(12-14)7-8-15-6-1-2-11-19-15;1-14(2,3)19-13(18)16-8-7-12(17)10-5-4-6-11(15)9-10;1-9(2,3)14-7(11)13-8(12)15-10(4,5)6;2*10-8-3-1-2-7(6-8)9(12)4-5-11;8-7-3-1-2-6(4-7)5-9;1-2-4-5-3-1;;;;/h6-8,15,18-19,23H,4-5,9,12-14H2,1-3H3,(H,22,24);3-5,12,15-16,18H,1-2,6,9-11,17H2;4-6,9,12,17H,7-8H2,1-3H3,(H,16,18);1-6H3;1-3,6,9,12H,4-5,11H2;1-3,6,9,12H,4H2;1-5H;1-4H2;4*1H4. The van der Waals surface area contributed by atoms with Crippen molar-refractivity contribution in [1.29, 1.82) is 5.26 Å². The number of nitrogens with two attached hydrogens (primary N) is 2. The van der Waals surface area contributed by atoms with Crippen LogP contribution in [0.2, 0.25) is 0 Å². The first-order valence-electron chi connectivity index (χ1n) is 39.0. The number of carbonyl (C=O) groups excluding carboxylic acids is 5. The van der Waals surface area contributed by atoms with Gasteiger partial charge in [-0.05, 0) is 364 Å². The molecule has 0 spiro atoms. The van der Waals surface area contributed by atoms with Crippen LogP contribution in [0.3, 0.4) is 0 Å². The summed E-state index contributed by atoms with van der Waals surface area (Å²) >= 11 is 8.77. The lowest BCUT2D eigenvalue weighted by Crippen LogP contribution is -2.33. The third-order valence-corrected chi connectivity index (χ3v) is 18.1. The predicted octanol–water partition coefficient (Wildman–Crippen LogP) is 21.0. The average molecular weight is 2130 g/mol. The van der Waals surface area contributed by atoms with Crippen molar-refractivity contribution in [2.45, 2.75) is 261 Å². The van der Waals surface area contributed by atoms with Gasteiger partial charge in [0.05, 0.1) is 43.0 Å². The Hall–Kier alpha value is -6.60. The van der Waals surface area contributed by atoms with Gasteiger partial charge in [0.1, 0.15) is 40.9 Å². The molecule has 0 aliphatic carbocycles. The van der Waals surface area contributed by atoms with Gasteiger partial charge in [0, 0.05) is 70.5 Å². The van der Waals surface area contributed by atoms with E-state index in [2.05, 4.69) is 129 Å². The number of aldehydes is 1. The molecular weight excluding hydrogens is 1990 g/mol. The predicted molar refractivity (Wildman–Crippen MR) is 516 cm³/mol. The Balaban J connectivity index is -0.00000135. The summed E-state index contributed by atoms with van der Waals surface area (Å²) in [6.07, 6.45) is 6.41. The molecule has 6 aromatic rings. The van der Waals surface area contributed by atoms with Crippen molar-refractivity contribution in [3.05, 3.63) is 204 Å². The number of hydrogen-bond donors (Lipinski definition) is 9. The molecule has 7 atom stereocenters. The molecule has 0 bridgehead atoms. The fourth-order valence-electron chi connectivity index (χ4n) is 9.96. The lowest BCUT2D eigenvalue weighted by molar-refractivity contribution is -0.0295. The molecule has 0 saturated carbocycles. The van der Waals surface area contributed by atoms with Gasteiger partial charge < -0.3 is 85.5 Å². The van der Waals surface area contributed by atoms with Crippen molar-refractivity contribution in [2.24, 2.45) is 11.5 Å². The molecule has 6 aromatic carbocycles. The first-order chi connectivity index (χ1) is 55.2. The Morgan fingerprint density at radius 2 is 0.769 bits per heavy atom. The van der Waals surface area contributed by atoms with Crippen LogP contribution in [0.15, 0.2) is 146 Å². The molecule has 121 heavy (non-hydrogen) atoms. The molecule has 2 amide bonds. The third kappa shape index (κ3) is 61.4. The number of alkyl carbamates (subject to hydrolysis) is 2. The number of rotatable bonds is 17. The second-order valence-electron chi connectivity index (χ2n) is 30.7. The average Bonchev–Trinajstić information content (AvgIpc) is 1.28. The quantitative estimate of drug-likeness (QED) is 0.0102. The van der Waals surface area contributed by atoms with E-state index in [9.17, 15) is 49.5 Å². The number of nitrogens with one attached hydrogen (secondary N) is 2. The van der Waals surface area contributed by atoms with Crippen molar-refractivity contribution in [1.82, 2.24) is 10.6 Å². The van der Waals surface area contributed by atoms with Crippen LogP contribution in [0.5, 0.6) is 0 Å². The highest BCUT2D eigenvalue weighted by atomic mass is 127. The van der Waals surface area contributed by atoms with Gasteiger partial charge in [0.2, 0.25) is 0 Å². The molecule has 7 unspecified atom stereocenters. The van der Waals surface area contributed by atoms with Crippen molar-refractivity contribution in [3.8, 4) is 29.8 Å². The number of benzene rings is 6. The number of amides is 2. The van der Waals surface area contributed by atoms with Gasteiger partial charge in [-0.15, -0.1) is 0 Å². The number of ether oxygens (including phenoxy) is 8. The third-order valence-electron chi connectivity index (χ3n) is 15.5. The van der Waals surface area contributed by atoms with E-state index >= 15 is 0 Å². The fraction of sp³-hybridized carbons (Fsp3) is 0.511. The van der Waals surface area contributed by atoms with Crippen molar-refractivity contribution >= 4 is 121 Å². The summed E-state index contributed by atoms with van der Waals surface area (Å²) in [5, 5.41) is 62.9. The van der Waals surface area contributed by atoms with Gasteiger partial charge in [-0.25, -0.2) is 19.2 Å². The number of hydrogen-bond acceptors (Lipinski definition) is 21.